The van der Waals surface area contributed by atoms with Crippen LogP contribution in [0.5, 0.6) is 0 Å². The highest BCUT2D eigenvalue weighted by atomic mass is 31.2. The number of phosphoric acid groups is 1. The Labute approximate surface area is 312 Å². The predicted octanol–water partition coefficient (Wildman–Crippen LogP) is 11.6. The van der Waals surface area contributed by atoms with Gasteiger partial charge in [0.15, 0.2) is 6.10 Å². The molecule has 0 aliphatic rings. The third-order valence-electron chi connectivity index (χ3n) is 8.81. The molecule has 1 unspecified atom stereocenters. The molecule has 0 amide bonds. The fourth-order valence-electron chi connectivity index (χ4n) is 5.68. The van der Waals surface area contributed by atoms with Gasteiger partial charge in [0.2, 0.25) is 0 Å². The summed E-state index contributed by atoms with van der Waals surface area (Å²) >= 11 is 0. The highest BCUT2D eigenvalue weighted by Crippen LogP contribution is 2.43. The molecule has 0 aliphatic heterocycles. The summed E-state index contributed by atoms with van der Waals surface area (Å²) in [5.74, 6) is -0.838. The highest BCUT2D eigenvalue weighted by Gasteiger charge is 2.26. The van der Waals surface area contributed by atoms with Crippen LogP contribution < -0.4 is 5.73 Å². The minimum Gasteiger partial charge on any atom is -0.462 e. The van der Waals surface area contributed by atoms with Gasteiger partial charge in [0.25, 0.3) is 0 Å². The van der Waals surface area contributed by atoms with Gasteiger partial charge in [-0.2, -0.15) is 0 Å². The molecule has 0 radical (unpaired) electrons. The molecule has 51 heavy (non-hydrogen) atoms. The first-order valence-corrected chi connectivity index (χ1v) is 22.3. The van der Waals surface area contributed by atoms with E-state index in [1.165, 1.54) is 103 Å². The Morgan fingerprint density at radius 3 is 1.39 bits per heavy atom. The smallest absolute Gasteiger partial charge is 0.462 e. The topological polar surface area (TPSA) is 134 Å². The average Bonchev–Trinajstić information content (AvgIpc) is 3.11. The van der Waals surface area contributed by atoms with Crippen molar-refractivity contribution in [1.29, 1.82) is 0 Å². The minimum absolute atomic E-state index is 0.0529. The lowest BCUT2D eigenvalue weighted by Crippen LogP contribution is -2.29. The minimum atomic E-state index is -4.37. The lowest BCUT2D eigenvalue weighted by molar-refractivity contribution is -0.161. The van der Waals surface area contributed by atoms with Crippen molar-refractivity contribution in [2.24, 2.45) is 5.73 Å². The molecule has 0 bridgehead atoms. The number of hydrogen-bond donors (Lipinski definition) is 2. The van der Waals surface area contributed by atoms with E-state index in [4.69, 9.17) is 24.3 Å². The predicted molar refractivity (Wildman–Crippen MR) is 211 cm³/mol. The van der Waals surface area contributed by atoms with Crippen LogP contribution in [-0.2, 0) is 32.7 Å². The van der Waals surface area contributed by atoms with Crippen molar-refractivity contribution in [2.75, 3.05) is 26.4 Å². The summed E-state index contributed by atoms with van der Waals surface area (Å²) in [5, 5.41) is 0. The number of rotatable bonds is 39. The van der Waals surface area contributed by atoms with Crippen molar-refractivity contribution in [2.45, 2.75) is 200 Å². The zero-order chi connectivity index (χ0) is 37.5. The molecular formula is C41H78NO8P. The first kappa shape index (κ1) is 49.5. The molecule has 0 rings (SSSR count). The number of phosphoric ester groups is 1. The van der Waals surface area contributed by atoms with Gasteiger partial charge < -0.3 is 20.1 Å². The van der Waals surface area contributed by atoms with E-state index in [1.807, 2.05) is 0 Å². The molecule has 0 aromatic rings. The largest absolute Gasteiger partial charge is 0.472 e. The Kier molecular flexibility index (Phi) is 37.1. The maximum absolute atomic E-state index is 12.6. The average molecular weight is 744 g/mol. The zero-order valence-electron chi connectivity index (χ0n) is 32.8. The van der Waals surface area contributed by atoms with Crippen LogP contribution in [0.4, 0.5) is 0 Å². The summed E-state index contributed by atoms with van der Waals surface area (Å²) < 4.78 is 32.7. The Morgan fingerprint density at radius 2 is 0.961 bits per heavy atom. The molecule has 0 fully saturated rings. The molecule has 0 aliphatic carbocycles. The van der Waals surface area contributed by atoms with E-state index >= 15 is 0 Å². The summed E-state index contributed by atoms with van der Waals surface area (Å²) in [6, 6.07) is 0. The SMILES string of the molecule is CCCCCC/C=C/CCCCCCCCCCCC(=O)O[C@H](COC(=O)CCCCCCC/C=C/CCCCCC)COP(=O)(O)OCCN. The third-order valence-corrected chi connectivity index (χ3v) is 9.79. The molecule has 10 heteroatoms. The number of allylic oxidation sites excluding steroid dienone is 4. The molecule has 0 saturated heterocycles. The van der Waals surface area contributed by atoms with Crippen LogP contribution in [0.3, 0.4) is 0 Å². The van der Waals surface area contributed by atoms with Gasteiger partial charge in [-0.3, -0.25) is 18.6 Å². The maximum atomic E-state index is 12.6. The normalized spacial score (nSPS) is 13.6. The number of hydrogen-bond acceptors (Lipinski definition) is 8. The maximum Gasteiger partial charge on any atom is 0.472 e. The molecule has 0 aromatic heterocycles. The van der Waals surface area contributed by atoms with Gasteiger partial charge in [-0.15, -0.1) is 0 Å². The zero-order valence-corrected chi connectivity index (χ0v) is 33.7. The molecule has 0 saturated carbocycles. The molecular weight excluding hydrogens is 665 g/mol. The van der Waals surface area contributed by atoms with Crippen LogP contribution in [-0.4, -0.2) is 49.3 Å². The Hall–Kier alpha value is -1.51. The number of nitrogens with two attached hydrogens (primary N) is 1. The van der Waals surface area contributed by atoms with Crippen LogP contribution in [0.15, 0.2) is 24.3 Å². The van der Waals surface area contributed by atoms with E-state index in [-0.39, 0.29) is 32.6 Å². The quantitative estimate of drug-likeness (QED) is 0.0273. The van der Waals surface area contributed by atoms with Gasteiger partial charge in [-0.05, 0) is 64.2 Å². The van der Waals surface area contributed by atoms with E-state index < -0.39 is 32.5 Å². The van der Waals surface area contributed by atoms with Crippen molar-refractivity contribution >= 4 is 19.8 Å². The van der Waals surface area contributed by atoms with Crippen LogP contribution in [0.25, 0.3) is 0 Å². The summed E-state index contributed by atoms with van der Waals surface area (Å²) in [6.45, 7) is 3.70. The lowest BCUT2D eigenvalue weighted by atomic mass is 10.1. The number of ether oxygens (including phenoxy) is 2. The van der Waals surface area contributed by atoms with E-state index in [2.05, 4.69) is 38.2 Å². The number of carbonyl (C=O) groups excluding carboxylic acids is 2. The molecule has 3 N–H and O–H groups in total. The van der Waals surface area contributed by atoms with Crippen molar-refractivity contribution in [3.05, 3.63) is 24.3 Å². The van der Waals surface area contributed by atoms with E-state index in [1.54, 1.807) is 0 Å². The molecule has 2 atom stereocenters. The Balaban J connectivity index is 4.17. The van der Waals surface area contributed by atoms with Gasteiger partial charge >= 0.3 is 19.8 Å². The fourth-order valence-corrected chi connectivity index (χ4v) is 6.45. The highest BCUT2D eigenvalue weighted by molar-refractivity contribution is 7.47. The molecule has 0 heterocycles. The van der Waals surface area contributed by atoms with Crippen LogP contribution >= 0.6 is 7.82 Å². The number of unbranched alkanes of at least 4 members (excludes halogenated alkanes) is 22. The second-order valence-electron chi connectivity index (χ2n) is 13.8. The van der Waals surface area contributed by atoms with Crippen molar-refractivity contribution in [3.63, 3.8) is 0 Å². The van der Waals surface area contributed by atoms with Crippen LogP contribution in [0, 0.1) is 0 Å². The number of esters is 2. The fraction of sp³-hybridized carbons (Fsp3) is 0.854. The van der Waals surface area contributed by atoms with Gasteiger partial charge in [-0.1, -0.05) is 141 Å². The second-order valence-corrected chi connectivity index (χ2v) is 15.3. The molecule has 0 aromatic carbocycles. The summed E-state index contributed by atoms with van der Waals surface area (Å²) in [6.07, 6.45) is 39.2. The van der Waals surface area contributed by atoms with Crippen LogP contribution in [0.1, 0.15) is 194 Å². The number of carbonyl (C=O) groups is 2. The third kappa shape index (κ3) is 38.0. The van der Waals surface area contributed by atoms with Gasteiger partial charge in [0, 0.05) is 19.4 Å². The standard InChI is InChI=1S/C41H78NO8P/c1-3-5-7-9-11-13-15-17-18-19-20-22-24-26-28-30-32-34-41(44)50-39(38-49-51(45,46)48-36-35-42)37-47-40(43)33-31-29-27-25-23-21-16-14-12-10-8-6-4-2/h13-16,39H,3-12,17-38,42H2,1-2H3,(H,45,46)/b15-13+,16-14+/t39-/m1/s1. The van der Waals surface area contributed by atoms with Crippen molar-refractivity contribution < 1.29 is 37.6 Å². The summed E-state index contributed by atoms with van der Waals surface area (Å²) in [4.78, 5) is 34.8. The molecule has 0 spiro atoms. The molecule has 300 valence electrons. The van der Waals surface area contributed by atoms with Gasteiger partial charge in [0.1, 0.15) is 6.61 Å². The van der Waals surface area contributed by atoms with Crippen LogP contribution in [0.2, 0.25) is 0 Å². The van der Waals surface area contributed by atoms with E-state index in [9.17, 15) is 19.0 Å². The van der Waals surface area contributed by atoms with Gasteiger partial charge in [-0.25, -0.2) is 4.57 Å². The van der Waals surface area contributed by atoms with E-state index in [0.717, 1.165) is 57.8 Å². The first-order valence-electron chi connectivity index (χ1n) is 20.8. The van der Waals surface area contributed by atoms with E-state index in [0.29, 0.717) is 6.42 Å². The summed E-state index contributed by atoms with van der Waals surface area (Å²) in [7, 11) is -4.37. The molecule has 9 nitrogen and oxygen atoms in total. The monoisotopic (exact) mass is 744 g/mol. The second kappa shape index (κ2) is 38.2. The Morgan fingerprint density at radius 1 is 0.569 bits per heavy atom. The lowest BCUT2D eigenvalue weighted by Gasteiger charge is -2.19. The summed E-state index contributed by atoms with van der Waals surface area (Å²) in [5.41, 5.74) is 5.34. The Bertz CT molecular complexity index is 897. The van der Waals surface area contributed by atoms with Gasteiger partial charge in [0.05, 0.1) is 13.2 Å². The first-order chi connectivity index (χ1) is 24.8. The van der Waals surface area contributed by atoms with Crippen molar-refractivity contribution in [1.82, 2.24) is 0 Å². The van der Waals surface area contributed by atoms with Crippen molar-refractivity contribution in [3.8, 4) is 0 Å².